The summed E-state index contributed by atoms with van der Waals surface area (Å²) in [7, 11) is 0. The van der Waals surface area contributed by atoms with E-state index in [4.69, 9.17) is 11.6 Å². The fourth-order valence-electron chi connectivity index (χ4n) is 3.25. The highest BCUT2D eigenvalue weighted by Crippen LogP contribution is 2.20. The first-order valence-corrected chi connectivity index (χ1v) is 10.3. The molecule has 31 heavy (non-hydrogen) atoms. The average molecular weight is 442 g/mol. The Labute approximate surface area is 186 Å². The Morgan fingerprint density at radius 3 is 2.58 bits per heavy atom. The number of anilines is 1. The molecular formula is C23H25ClFN5O. The number of nitrogens with one attached hydrogen (secondary N) is 2. The number of hydrogen-bond acceptors (Lipinski definition) is 3. The molecule has 6 nitrogen and oxygen atoms in total. The van der Waals surface area contributed by atoms with Gasteiger partial charge in [0.1, 0.15) is 5.82 Å². The summed E-state index contributed by atoms with van der Waals surface area (Å²) in [5, 5.41) is 10.9. The number of rotatable bonds is 5. The van der Waals surface area contributed by atoms with Gasteiger partial charge in [-0.2, -0.15) is 5.10 Å². The highest BCUT2D eigenvalue weighted by Gasteiger charge is 2.15. The molecule has 0 aliphatic carbocycles. The van der Waals surface area contributed by atoms with Crippen LogP contribution in [0.2, 0.25) is 5.02 Å². The van der Waals surface area contributed by atoms with E-state index in [9.17, 15) is 9.18 Å². The van der Waals surface area contributed by atoms with Crippen LogP contribution < -0.4 is 10.6 Å². The van der Waals surface area contributed by atoms with Crippen molar-refractivity contribution >= 4 is 29.2 Å². The van der Waals surface area contributed by atoms with Gasteiger partial charge in [-0.1, -0.05) is 23.7 Å². The molecule has 8 heteroatoms. The molecule has 3 aromatic rings. The third-order valence-corrected chi connectivity index (χ3v) is 5.25. The van der Waals surface area contributed by atoms with E-state index in [-0.39, 0.29) is 11.5 Å². The fraction of sp³-hybridized carbons (Fsp3) is 0.261. The first kappa shape index (κ1) is 22.5. The van der Waals surface area contributed by atoms with Crippen molar-refractivity contribution in [2.75, 3.05) is 5.32 Å². The Morgan fingerprint density at radius 1 is 1.19 bits per heavy atom. The quantitative estimate of drug-likeness (QED) is 0.431. The van der Waals surface area contributed by atoms with Crippen molar-refractivity contribution in [1.29, 1.82) is 0 Å². The van der Waals surface area contributed by atoms with Gasteiger partial charge in [-0.15, -0.1) is 0 Å². The molecule has 0 bridgehead atoms. The Kier molecular flexibility index (Phi) is 7.07. The minimum atomic E-state index is -0.599. The van der Waals surface area contributed by atoms with E-state index in [2.05, 4.69) is 20.7 Å². The molecule has 0 radical (unpaired) electrons. The van der Waals surface area contributed by atoms with E-state index in [1.165, 1.54) is 18.2 Å². The highest BCUT2D eigenvalue weighted by atomic mass is 35.5. The maximum absolute atomic E-state index is 14.1. The Hall–Kier alpha value is -3.19. The number of hydrogen-bond donors (Lipinski definition) is 2. The molecule has 2 aromatic carbocycles. The molecule has 0 atom stereocenters. The van der Waals surface area contributed by atoms with Crippen molar-refractivity contribution in [3.8, 4) is 0 Å². The summed E-state index contributed by atoms with van der Waals surface area (Å²) in [6.45, 7) is 8.91. The van der Waals surface area contributed by atoms with Gasteiger partial charge in [-0.25, -0.2) is 9.38 Å². The molecule has 0 spiro atoms. The van der Waals surface area contributed by atoms with Gasteiger partial charge >= 0.3 is 0 Å². The molecular weight excluding hydrogens is 417 g/mol. The van der Waals surface area contributed by atoms with E-state index in [1.807, 2.05) is 32.4 Å². The fourth-order valence-corrected chi connectivity index (χ4v) is 3.48. The minimum Gasteiger partial charge on any atom is -0.326 e. The minimum absolute atomic E-state index is 0.0593. The van der Waals surface area contributed by atoms with Gasteiger partial charge in [0.15, 0.2) is 0 Å². The van der Waals surface area contributed by atoms with Gasteiger partial charge in [-0.05, 0) is 63.6 Å². The molecule has 1 aromatic heterocycles. The lowest BCUT2D eigenvalue weighted by molar-refractivity contribution is 0.0973. The van der Waals surface area contributed by atoms with Crippen LogP contribution in [0.15, 0.2) is 47.5 Å². The molecule has 0 aliphatic rings. The van der Waals surface area contributed by atoms with E-state index in [0.29, 0.717) is 11.6 Å². The molecule has 2 N–H and O–H groups in total. The number of carbonyl (C=O) groups is 1. The molecule has 1 amide bonds. The van der Waals surface area contributed by atoms with Crippen molar-refractivity contribution in [3.05, 3.63) is 81.4 Å². The largest absolute Gasteiger partial charge is 0.326 e. The maximum Gasteiger partial charge on any atom is 0.260 e. The third kappa shape index (κ3) is 5.30. The number of aryl methyl sites for hydroxylation is 3. The van der Waals surface area contributed by atoms with Gasteiger partial charge in [0.05, 0.1) is 17.8 Å². The van der Waals surface area contributed by atoms with Crippen LogP contribution in [0.5, 0.6) is 0 Å². The zero-order valence-corrected chi connectivity index (χ0v) is 18.7. The standard InChI is InChI=1S/C23H25ClFN5O/c1-5-30-16(4)19(15(3)29-30)13-26-23(27-21-11-10-17(24)12-14(21)2)28-22(31)18-8-6-7-9-20(18)25/h6-12H,5,13H2,1-4H3,(H2,26,27,28,31). The third-order valence-electron chi connectivity index (χ3n) is 5.02. The van der Waals surface area contributed by atoms with Crippen molar-refractivity contribution in [2.45, 2.75) is 40.8 Å². The molecule has 0 aliphatic heterocycles. The summed E-state index contributed by atoms with van der Waals surface area (Å²) in [4.78, 5) is 17.3. The summed E-state index contributed by atoms with van der Waals surface area (Å²) >= 11 is 6.05. The van der Waals surface area contributed by atoms with Crippen molar-refractivity contribution < 1.29 is 9.18 Å². The average Bonchev–Trinajstić information content (AvgIpc) is 3.01. The molecule has 3 rings (SSSR count). The molecule has 0 unspecified atom stereocenters. The number of aliphatic imine (C=N–C) groups is 1. The van der Waals surface area contributed by atoms with E-state index in [1.54, 1.807) is 24.3 Å². The molecule has 162 valence electrons. The Balaban J connectivity index is 1.91. The van der Waals surface area contributed by atoms with Crippen LogP contribution >= 0.6 is 11.6 Å². The van der Waals surface area contributed by atoms with Gasteiger partial charge in [0, 0.05) is 28.5 Å². The first-order chi connectivity index (χ1) is 14.8. The van der Waals surface area contributed by atoms with Gasteiger partial charge < -0.3 is 5.32 Å². The monoisotopic (exact) mass is 441 g/mol. The van der Waals surface area contributed by atoms with Crippen molar-refractivity contribution in [1.82, 2.24) is 15.1 Å². The van der Waals surface area contributed by atoms with Crippen LogP contribution in [0.4, 0.5) is 10.1 Å². The van der Waals surface area contributed by atoms with E-state index < -0.39 is 11.7 Å². The molecule has 0 saturated carbocycles. The van der Waals surface area contributed by atoms with Crippen LogP contribution in [0.1, 0.15) is 39.8 Å². The molecule has 0 saturated heterocycles. The normalized spacial score (nSPS) is 11.5. The summed E-state index contributed by atoms with van der Waals surface area (Å²) in [5.41, 5.74) is 4.43. The zero-order chi connectivity index (χ0) is 22.5. The van der Waals surface area contributed by atoms with E-state index in [0.717, 1.165) is 34.7 Å². The maximum atomic E-state index is 14.1. The van der Waals surface area contributed by atoms with Gasteiger partial charge in [0.2, 0.25) is 5.96 Å². The summed E-state index contributed by atoms with van der Waals surface area (Å²) in [6, 6.07) is 11.2. The van der Waals surface area contributed by atoms with Crippen LogP contribution in [0.25, 0.3) is 0 Å². The summed E-state index contributed by atoms with van der Waals surface area (Å²) in [5.74, 6) is -0.978. The zero-order valence-electron chi connectivity index (χ0n) is 18.0. The smallest absolute Gasteiger partial charge is 0.260 e. The summed E-state index contributed by atoms with van der Waals surface area (Å²) in [6.07, 6.45) is 0. The van der Waals surface area contributed by atoms with Crippen LogP contribution in [0.3, 0.4) is 0 Å². The lowest BCUT2D eigenvalue weighted by atomic mass is 10.2. The number of guanidine groups is 1. The van der Waals surface area contributed by atoms with Crippen molar-refractivity contribution in [2.24, 2.45) is 4.99 Å². The predicted octanol–water partition coefficient (Wildman–Crippen LogP) is 5.02. The lowest BCUT2D eigenvalue weighted by Crippen LogP contribution is -2.36. The first-order valence-electron chi connectivity index (χ1n) is 9.96. The number of halogens is 2. The highest BCUT2D eigenvalue weighted by molar-refractivity contribution is 6.30. The second kappa shape index (κ2) is 9.75. The number of amides is 1. The second-order valence-corrected chi connectivity index (χ2v) is 7.58. The van der Waals surface area contributed by atoms with E-state index >= 15 is 0 Å². The topological polar surface area (TPSA) is 71.3 Å². The number of benzene rings is 2. The molecule has 1 heterocycles. The van der Waals surface area contributed by atoms with Gasteiger partial charge in [0.25, 0.3) is 5.91 Å². The predicted molar refractivity (Wildman–Crippen MR) is 122 cm³/mol. The summed E-state index contributed by atoms with van der Waals surface area (Å²) < 4.78 is 16.0. The van der Waals surface area contributed by atoms with Crippen LogP contribution in [0, 0.1) is 26.6 Å². The number of aromatic nitrogens is 2. The van der Waals surface area contributed by atoms with Crippen LogP contribution in [-0.4, -0.2) is 21.6 Å². The van der Waals surface area contributed by atoms with Crippen molar-refractivity contribution in [3.63, 3.8) is 0 Å². The Morgan fingerprint density at radius 2 is 1.94 bits per heavy atom. The number of carbonyl (C=O) groups excluding carboxylic acids is 1. The second-order valence-electron chi connectivity index (χ2n) is 7.15. The molecule has 0 fully saturated rings. The number of nitrogens with zero attached hydrogens (tertiary/aromatic N) is 3. The Bertz CT molecular complexity index is 1140. The SMILES string of the molecule is CCn1nc(C)c(CN=C(NC(=O)c2ccccc2F)Nc2ccc(Cl)cc2C)c1C. The van der Waals surface area contributed by atoms with Crippen LogP contribution in [-0.2, 0) is 13.1 Å². The van der Waals surface area contributed by atoms with Gasteiger partial charge in [-0.3, -0.25) is 14.8 Å². The lowest BCUT2D eigenvalue weighted by Gasteiger charge is -2.14.